The quantitative estimate of drug-likeness (QED) is 0.105. The van der Waals surface area contributed by atoms with Crippen molar-refractivity contribution in [1.82, 2.24) is 25.4 Å². The first-order chi connectivity index (χ1) is 28.7. The van der Waals surface area contributed by atoms with Crippen molar-refractivity contribution in [2.45, 2.75) is 163 Å². The highest BCUT2D eigenvalue weighted by Gasteiger charge is 2.40. The van der Waals surface area contributed by atoms with Crippen LogP contribution in [0.3, 0.4) is 0 Å². The van der Waals surface area contributed by atoms with Gasteiger partial charge in [0.2, 0.25) is 11.8 Å². The van der Waals surface area contributed by atoms with E-state index in [1.54, 1.807) is 51.4 Å². The Kier molecular flexibility index (Phi) is 19.5. The number of hydrogen-bond donors (Lipinski definition) is 3. The second-order valence-electron chi connectivity index (χ2n) is 17.9. The van der Waals surface area contributed by atoms with Gasteiger partial charge in [0.05, 0.1) is 13.0 Å². The fourth-order valence-electron chi connectivity index (χ4n) is 7.87. The lowest BCUT2D eigenvalue weighted by molar-refractivity contribution is -0.143. The molecule has 0 aliphatic heterocycles. The predicted octanol–water partition coefficient (Wildman–Crippen LogP) is 7.78. The average Bonchev–Trinajstić information content (AvgIpc) is 3.71. The van der Waals surface area contributed by atoms with Gasteiger partial charge in [0, 0.05) is 44.1 Å². The molecule has 0 unspecified atom stereocenters. The molecule has 0 spiro atoms. The summed E-state index contributed by atoms with van der Waals surface area (Å²) >= 11 is 1.32. The lowest BCUT2D eigenvalue weighted by Gasteiger charge is -2.40. The Balaban J connectivity index is 1.90. The van der Waals surface area contributed by atoms with Gasteiger partial charge in [-0.05, 0) is 87.5 Å². The number of aromatic nitrogens is 1. The molecule has 1 heterocycles. The molecule has 0 radical (unpaired) electrons. The van der Waals surface area contributed by atoms with Crippen LogP contribution in [0.2, 0.25) is 0 Å². The monoisotopic (exact) mass is 872 g/mol. The summed E-state index contributed by atoms with van der Waals surface area (Å²) in [6.45, 7) is 22.2. The van der Waals surface area contributed by atoms with E-state index >= 15 is 0 Å². The van der Waals surface area contributed by atoms with Crippen molar-refractivity contribution >= 4 is 41.1 Å². The van der Waals surface area contributed by atoms with Gasteiger partial charge in [-0.1, -0.05) is 74.3 Å². The molecule has 8 atom stereocenters. The molecule has 1 aromatic carbocycles. The van der Waals surface area contributed by atoms with Crippen LogP contribution in [-0.4, -0.2) is 107 Å². The number of hydrogen-bond acceptors (Lipinski definition) is 11. The zero-order chi connectivity index (χ0) is 45.8. The number of phenols is 1. The summed E-state index contributed by atoms with van der Waals surface area (Å²) in [5, 5.41) is 18.6. The number of nitrogens with one attached hydrogen (secondary N) is 2. The standard InChI is InChI=1S/C46H73N5O9S/c1-14-20-51(43(55)38(28(7)16-3)49-41(54)39(29(8)17-4)50(12)45(57)60-46(9,10)11)36(27(5)6)25-37(59-21-15-2)42-48-35(26-61-42)40(53)47-31-22-30-18-19-32(52)24-33(30)34(23-31)44(56)58-13/h18-19,24,26-29,31,34,36-39,52H,14-17,20-23,25H2,1-13H3,(H,47,53)(H,49,54)/t28-,29-,31-,34+,36+,37+,38-,39+/m0/s1. The highest BCUT2D eigenvalue weighted by molar-refractivity contribution is 7.09. The molecule has 0 saturated carbocycles. The van der Waals surface area contributed by atoms with E-state index in [2.05, 4.69) is 24.5 Å². The number of benzene rings is 1. The summed E-state index contributed by atoms with van der Waals surface area (Å²) < 4.78 is 17.1. The minimum absolute atomic E-state index is 0.00995. The lowest BCUT2D eigenvalue weighted by Crippen LogP contribution is -2.60. The molecule has 3 N–H and O–H groups in total. The molecule has 14 nitrogen and oxygen atoms in total. The van der Waals surface area contributed by atoms with E-state index in [0.29, 0.717) is 62.2 Å². The summed E-state index contributed by atoms with van der Waals surface area (Å²) in [4.78, 5) is 76.8. The summed E-state index contributed by atoms with van der Waals surface area (Å²) in [5.41, 5.74) is 1.02. The predicted molar refractivity (Wildman–Crippen MR) is 237 cm³/mol. The maximum Gasteiger partial charge on any atom is 0.410 e. The first kappa shape index (κ1) is 51.1. The summed E-state index contributed by atoms with van der Waals surface area (Å²) in [6.07, 6.45) is 2.73. The van der Waals surface area contributed by atoms with E-state index < -0.39 is 47.7 Å². The molecule has 61 heavy (non-hydrogen) atoms. The molecule has 3 rings (SSSR count). The van der Waals surface area contributed by atoms with Gasteiger partial charge in [-0.25, -0.2) is 9.78 Å². The molecular weight excluding hydrogens is 799 g/mol. The van der Waals surface area contributed by atoms with Crippen LogP contribution in [-0.2, 0) is 35.0 Å². The van der Waals surface area contributed by atoms with Crippen molar-refractivity contribution in [2.24, 2.45) is 17.8 Å². The third kappa shape index (κ3) is 13.9. The second kappa shape index (κ2) is 23.3. The highest BCUT2D eigenvalue weighted by Crippen LogP contribution is 2.36. The van der Waals surface area contributed by atoms with Gasteiger partial charge in [-0.15, -0.1) is 11.3 Å². The summed E-state index contributed by atoms with van der Waals surface area (Å²) in [6, 6.07) is 2.51. The molecule has 1 aliphatic rings. The summed E-state index contributed by atoms with van der Waals surface area (Å²) in [7, 11) is 2.89. The van der Waals surface area contributed by atoms with Crippen molar-refractivity contribution in [2.75, 3.05) is 27.3 Å². The van der Waals surface area contributed by atoms with E-state index in [4.69, 9.17) is 19.2 Å². The molecule has 1 aliphatic carbocycles. The van der Waals surface area contributed by atoms with E-state index in [9.17, 15) is 29.1 Å². The molecule has 0 fully saturated rings. The first-order valence-electron chi connectivity index (χ1n) is 22.0. The Morgan fingerprint density at radius 2 is 1.67 bits per heavy atom. The zero-order valence-electron chi connectivity index (χ0n) is 38.8. The van der Waals surface area contributed by atoms with Crippen LogP contribution in [0.5, 0.6) is 5.75 Å². The summed E-state index contributed by atoms with van der Waals surface area (Å²) in [5.74, 6) is -2.44. The van der Waals surface area contributed by atoms with Gasteiger partial charge in [0.25, 0.3) is 5.91 Å². The number of methoxy groups -OCH3 is 1. The van der Waals surface area contributed by atoms with Crippen LogP contribution in [0, 0.1) is 17.8 Å². The molecular formula is C46H73N5O9S. The number of ether oxygens (including phenoxy) is 3. The number of esters is 1. The van der Waals surface area contributed by atoms with Gasteiger partial charge in [0.15, 0.2) is 0 Å². The fraction of sp³-hybridized carbons (Fsp3) is 0.696. The highest BCUT2D eigenvalue weighted by atomic mass is 32.1. The van der Waals surface area contributed by atoms with Crippen LogP contribution in [0.15, 0.2) is 23.6 Å². The van der Waals surface area contributed by atoms with Crippen LogP contribution in [0.1, 0.15) is 153 Å². The number of thiazole rings is 1. The molecule has 0 saturated heterocycles. The maximum atomic E-state index is 14.9. The molecule has 342 valence electrons. The Morgan fingerprint density at radius 1 is 1.00 bits per heavy atom. The number of amides is 4. The molecule has 1 aromatic heterocycles. The largest absolute Gasteiger partial charge is 0.508 e. The SMILES string of the molecule is CCCO[C@H](C[C@H](C(C)C)N(CCC)C(=O)[C@@H](NC(=O)[C@@H]([C@@H](C)CC)N(C)C(=O)OC(C)(C)C)[C@@H](C)CC)c1nc(C(=O)N[C@H]2Cc3ccc(O)cc3[C@H](C(=O)OC)C2)cs1. The van der Waals surface area contributed by atoms with E-state index in [1.807, 2.05) is 46.4 Å². The number of phenolic OH excluding ortho intramolecular Hbond substituents is 1. The van der Waals surface area contributed by atoms with Crippen molar-refractivity contribution in [3.05, 3.63) is 45.4 Å². The van der Waals surface area contributed by atoms with Gasteiger partial charge >= 0.3 is 12.1 Å². The molecule has 0 bridgehead atoms. The number of carbonyl (C=O) groups excluding carboxylic acids is 5. The Morgan fingerprint density at radius 3 is 2.25 bits per heavy atom. The fourth-order valence-corrected chi connectivity index (χ4v) is 8.73. The van der Waals surface area contributed by atoms with Gasteiger partial charge < -0.3 is 34.9 Å². The third-order valence-corrected chi connectivity index (χ3v) is 12.5. The second-order valence-corrected chi connectivity index (χ2v) is 18.8. The van der Waals surface area contributed by atoms with Crippen molar-refractivity contribution in [3.63, 3.8) is 0 Å². The number of carbonyl (C=O) groups is 5. The molecule has 2 aromatic rings. The van der Waals surface area contributed by atoms with Crippen LogP contribution in [0.25, 0.3) is 0 Å². The van der Waals surface area contributed by atoms with E-state index in [-0.39, 0.29) is 53.1 Å². The van der Waals surface area contributed by atoms with Crippen LogP contribution >= 0.6 is 11.3 Å². The number of rotatable bonds is 21. The van der Waals surface area contributed by atoms with Gasteiger partial charge in [-0.2, -0.15) is 0 Å². The number of nitrogens with zero attached hydrogens (tertiary/aromatic N) is 3. The van der Waals surface area contributed by atoms with Crippen molar-refractivity contribution in [1.29, 1.82) is 0 Å². The molecule has 4 amide bonds. The minimum Gasteiger partial charge on any atom is -0.508 e. The van der Waals surface area contributed by atoms with Crippen molar-refractivity contribution in [3.8, 4) is 5.75 Å². The smallest absolute Gasteiger partial charge is 0.410 e. The van der Waals surface area contributed by atoms with E-state index in [1.165, 1.54) is 23.3 Å². The van der Waals surface area contributed by atoms with Crippen molar-refractivity contribution < 1.29 is 43.3 Å². The Hall–Kier alpha value is -4.24. The number of likely N-dealkylation sites (N-methyl/N-ethyl adjacent to an activating group) is 1. The first-order valence-corrected chi connectivity index (χ1v) is 22.9. The topological polar surface area (TPSA) is 177 Å². The van der Waals surface area contributed by atoms with Crippen LogP contribution < -0.4 is 10.6 Å². The van der Waals surface area contributed by atoms with E-state index in [0.717, 1.165) is 12.0 Å². The normalized spacial score (nSPS) is 18.1. The minimum atomic E-state index is -0.861. The maximum absolute atomic E-state index is 14.9. The third-order valence-electron chi connectivity index (χ3n) is 11.6. The molecule has 15 heteroatoms. The van der Waals surface area contributed by atoms with Gasteiger partial charge in [0.1, 0.15) is 40.2 Å². The Bertz CT molecular complexity index is 1780. The average molecular weight is 872 g/mol. The number of fused-ring (bicyclic) bond motifs is 1. The lowest BCUT2D eigenvalue weighted by atomic mass is 9.80. The zero-order valence-corrected chi connectivity index (χ0v) is 39.6. The van der Waals surface area contributed by atoms with Gasteiger partial charge in [-0.3, -0.25) is 24.1 Å². The number of aromatic hydroxyl groups is 1. The van der Waals surface area contributed by atoms with Crippen LogP contribution in [0.4, 0.5) is 4.79 Å². The Labute approximate surface area is 367 Å².